The molecule has 118 valence electrons. The summed E-state index contributed by atoms with van der Waals surface area (Å²) < 4.78 is 1.25. The summed E-state index contributed by atoms with van der Waals surface area (Å²) in [5.41, 5.74) is 6.74. The lowest BCUT2D eigenvalue weighted by Crippen LogP contribution is -2.43. The van der Waals surface area contributed by atoms with Gasteiger partial charge in [-0.1, -0.05) is 12.1 Å². The molecule has 3 N–H and O–H groups in total. The van der Waals surface area contributed by atoms with Gasteiger partial charge in [-0.05, 0) is 59.7 Å². The normalized spacial score (nSPS) is 18.9. The van der Waals surface area contributed by atoms with E-state index in [9.17, 15) is 4.79 Å². The summed E-state index contributed by atoms with van der Waals surface area (Å²) in [4.78, 5) is 14.4. The molecule has 1 aliphatic rings. The minimum Gasteiger partial charge on any atom is -0.355 e. The van der Waals surface area contributed by atoms with Gasteiger partial charge in [-0.2, -0.15) is 0 Å². The van der Waals surface area contributed by atoms with E-state index in [1.807, 2.05) is 0 Å². The van der Waals surface area contributed by atoms with Gasteiger partial charge in [0.25, 0.3) is 0 Å². The maximum atomic E-state index is 12.0. The standard InChI is InChI=1S/C15H22IN3O.ClH/c16-14-5-3-12(4-6-14)10-19-9-1-2-13(11-19)15(20)18-8-7-17;/h3-6,13H,1-2,7-11,17H2,(H,18,20);1H. The van der Waals surface area contributed by atoms with Crippen LogP contribution in [0.25, 0.3) is 0 Å². The van der Waals surface area contributed by atoms with Gasteiger partial charge in [-0.25, -0.2) is 0 Å². The van der Waals surface area contributed by atoms with Crippen molar-refractivity contribution in [1.82, 2.24) is 10.2 Å². The van der Waals surface area contributed by atoms with Crippen molar-refractivity contribution in [1.29, 1.82) is 0 Å². The summed E-state index contributed by atoms with van der Waals surface area (Å²) in [6, 6.07) is 8.59. The molecule has 1 fully saturated rings. The number of amides is 1. The number of nitrogens with two attached hydrogens (primary N) is 1. The molecule has 1 aliphatic heterocycles. The third-order valence-electron chi connectivity index (χ3n) is 3.64. The highest BCUT2D eigenvalue weighted by Crippen LogP contribution is 2.19. The van der Waals surface area contributed by atoms with Gasteiger partial charge in [-0.3, -0.25) is 9.69 Å². The Morgan fingerprint density at radius 2 is 2.10 bits per heavy atom. The predicted octanol–water partition coefficient (Wildman–Crippen LogP) is 2.00. The number of halogens is 2. The number of piperidine rings is 1. The predicted molar refractivity (Wildman–Crippen MR) is 96.5 cm³/mol. The molecule has 0 bridgehead atoms. The molecule has 1 aromatic carbocycles. The third-order valence-corrected chi connectivity index (χ3v) is 4.36. The molecule has 1 atom stereocenters. The van der Waals surface area contributed by atoms with Crippen LogP contribution in [-0.4, -0.2) is 37.0 Å². The Morgan fingerprint density at radius 1 is 1.38 bits per heavy atom. The van der Waals surface area contributed by atoms with Crippen molar-refractivity contribution >= 4 is 40.9 Å². The molecule has 0 spiro atoms. The molecule has 1 aromatic rings. The molecule has 1 saturated heterocycles. The Balaban J connectivity index is 0.00000220. The topological polar surface area (TPSA) is 58.4 Å². The van der Waals surface area contributed by atoms with Crippen LogP contribution in [0.15, 0.2) is 24.3 Å². The number of carbonyl (C=O) groups is 1. The second-order valence-corrected chi connectivity index (χ2v) is 6.53. The Hall–Kier alpha value is -0.370. The van der Waals surface area contributed by atoms with E-state index in [1.54, 1.807) is 0 Å². The van der Waals surface area contributed by atoms with Crippen molar-refractivity contribution < 1.29 is 4.79 Å². The summed E-state index contributed by atoms with van der Waals surface area (Å²) in [6.45, 7) is 3.93. The van der Waals surface area contributed by atoms with Gasteiger partial charge >= 0.3 is 0 Å². The van der Waals surface area contributed by atoms with Crippen molar-refractivity contribution in [3.8, 4) is 0 Å². The largest absolute Gasteiger partial charge is 0.355 e. The second kappa shape index (κ2) is 9.61. The maximum Gasteiger partial charge on any atom is 0.224 e. The fraction of sp³-hybridized carbons (Fsp3) is 0.533. The molecular formula is C15H23ClIN3O. The van der Waals surface area contributed by atoms with Crippen LogP contribution in [0.4, 0.5) is 0 Å². The lowest BCUT2D eigenvalue weighted by atomic mass is 9.96. The van der Waals surface area contributed by atoms with Gasteiger partial charge < -0.3 is 11.1 Å². The first-order valence-electron chi connectivity index (χ1n) is 7.13. The van der Waals surface area contributed by atoms with E-state index in [1.165, 1.54) is 9.13 Å². The van der Waals surface area contributed by atoms with Crippen molar-refractivity contribution in [3.05, 3.63) is 33.4 Å². The molecular weight excluding hydrogens is 401 g/mol. The van der Waals surface area contributed by atoms with Crippen LogP contribution in [0.2, 0.25) is 0 Å². The number of likely N-dealkylation sites (tertiary alicyclic amines) is 1. The average Bonchev–Trinajstić information content (AvgIpc) is 2.47. The van der Waals surface area contributed by atoms with Crippen LogP contribution in [0.5, 0.6) is 0 Å². The average molecular weight is 424 g/mol. The van der Waals surface area contributed by atoms with Crippen LogP contribution in [0, 0.1) is 9.49 Å². The number of nitrogens with zero attached hydrogens (tertiary/aromatic N) is 1. The van der Waals surface area contributed by atoms with Crippen LogP contribution in [-0.2, 0) is 11.3 Å². The molecule has 2 rings (SSSR count). The van der Waals surface area contributed by atoms with Crippen LogP contribution in [0.1, 0.15) is 18.4 Å². The zero-order valence-corrected chi connectivity index (χ0v) is 15.0. The first-order valence-corrected chi connectivity index (χ1v) is 8.21. The first kappa shape index (κ1) is 18.7. The van der Waals surface area contributed by atoms with E-state index in [2.05, 4.69) is 57.1 Å². The Kier molecular flexibility index (Phi) is 8.55. The fourth-order valence-corrected chi connectivity index (χ4v) is 2.96. The van der Waals surface area contributed by atoms with E-state index in [0.717, 1.165) is 32.5 Å². The van der Waals surface area contributed by atoms with Crippen molar-refractivity contribution in [2.75, 3.05) is 26.2 Å². The molecule has 1 amide bonds. The van der Waals surface area contributed by atoms with Crippen LogP contribution >= 0.6 is 35.0 Å². The number of hydrogen-bond acceptors (Lipinski definition) is 3. The van der Waals surface area contributed by atoms with Gasteiger partial charge in [0.15, 0.2) is 0 Å². The molecule has 21 heavy (non-hydrogen) atoms. The first-order chi connectivity index (χ1) is 9.69. The quantitative estimate of drug-likeness (QED) is 0.712. The van der Waals surface area contributed by atoms with Crippen molar-refractivity contribution in [2.24, 2.45) is 11.7 Å². The van der Waals surface area contributed by atoms with Crippen molar-refractivity contribution in [3.63, 3.8) is 0 Å². The Labute approximate surface area is 146 Å². The maximum absolute atomic E-state index is 12.0. The van der Waals surface area contributed by atoms with Gasteiger partial charge in [-0.15, -0.1) is 12.4 Å². The smallest absolute Gasteiger partial charge is 0.224 e. The highest BCUT2D eigenvalue weighted by molar-refractivity contribution is 14.1. The molecule has 1 heterocycles. The summed E-state index contributed by atoms with van der Waals surface area (Å²) in [5, 5.41) is 2.90. The Bertz CT molecular complexity index is 441. The van der Waals surface area contributed by atoms with E-state index in [-0.39, 0.29) is 24.2 Å². The number of carbonyl (C=O) groups excluding carboxylic acids is 1. The lowest BCUT2D eigenvalue weighted by molar-refractivity contribution is -0.126. The summed E-state index contributed by atoms with van der Waals surface area (Å²) in [6.07, 6.45) is 2.07. The summed E-state index contributed by atoms with van der Waals surface area (Å²) in [7, 11) is 0. The van der Waals surface area contributed by atoms with Gasteiger partial charge in [0.2, 0.25) is 5.91 Å². The van der Waals surface area contributed by atoms with Crippen LogP contribution < -0.4 is 11.1 Å². The molecule has 0 aromatic heterocycles. The number of nitrogens with one attached hydrogen (secondary N) is 1. The molecule has 1 unspecified atom stereocenters. The highest BCUT2D eigenvalue weighted by atomic mass is 127. The van der Waals surface area contributed by atoms with Gasteiger partial charge in [0.1, 0.15) is 0 Å². The summed E-state index contributed by atoms with van der Waals surface area (Å²) >= 11 is 2.32. The molecule has 0 aliphatic carbocycles. The molecule has 0 radical (unpaired) electrons. The van der Waals surface area contributed by atoms with Gasteiger partial charge in [0, 0.05) is 29.7 Å². The minimum atomic E-state index is 0. The number of hydrogen-bond donors (Lipinski definition) is 2. The monoisotopic (exact) mass is 423 g/mol. The SMILES string of the molecule is Cl.NCCNC(=O)C1CCCN(Cc2ccc(I)cc2)C1. The Morgan fingerprint density at radius 3 is 2.76 bits per heavy atom. The van der Waals surface area contributed by atoms with E-state index in [4.69, 9.17) is 5.73 Å². The van der Waals surface area contributed by atoms with Crippen molar-refractivity contribution in [2.45, 2.75) is 19.4 Å². The van der Waals surface area contributed by atoms with E-state index >= 15 is 0 Å². The van der Waals surface area contributed by atoms with E-state index < -0.39 is 0 Å². The molecule has 0 saturated carbocycles. The van der Waals surface area contributed by atoms with E-state index in [0.29, 0.717) is 13.1 Å². The zero-order chi connectivity index (χ0) is 14.4. The highest BCUT2D eigenvalue weighted by Gasteiger charge is 2.25. The zero-order valence-electron chi connectivity index (χ0n) is 12.1. The number of benzene rings is 1. The number of rotatable bonds is 5. The van der Waals surface area contributed by atoms with Gasteiger partial charge in [0.05, 0.1) is 5.92 Å². The lowest BCUT2D eigenvalue weighted by Gasteiger charge is -2.32. The molecule has 4 nitrogen and oxygen atoms in total. The second-order valence-electron chi connectivity index (χ2n) is 5.28. The molecule has 6 heteroatoms. The third kappa shape index (κ3) is 6.10. The minimum absolute atomic E-state index is 0. The fourth-order valence-electron chi connectivity index (χ4n) is 2.60. The summed E-state index contributed by atoms with van der Waals surface area (Å²) in [5.74, 6) is 0.266. The van der Waals surface area contributed by atoms with Crippen LogP contribution in [0.3, 0.4) is 0 Å².